The summed E-state index contributed by atoms with van der Waals surface area (Å²) in [6, 6.07) is 20.1. The van der Waals surface area contributed by atoms with Gasteiger partial charge in [0.25, 0.3) is 0 Å². The molecule has 0 aliphatic rings. The van der Waals surface area contributed by atoms with E-state index in [1.54, 1.807) is 0 Å². The van der Waals surface area contributed by atoms with Crippen molar-refractivity contribution in [3.63, 3.8) is 0 Å². The lowest BCUT2D eigenvalue weighted by Gasteiger charge is -2.22. The number of nitrogens with zero attached hydrogens (tertiary/aromatic N) is 1. The summed E-state index contributed by atoms with van der Waals surface area (Å²) in [4.78, 5) is 2.44. The molecule has 2 aromatic rings. The van der Waals surface area contributed by atoms with Crippen LogP contribution < -0.4 is 0 Å². The van der Waals surface area contributed by atoms with Crippen LogP contribution in [0.25, 0.3) is 0 Å². The fraction of sp³-hybridized carbons (Fsp3) is 0.429. The van der Waals surface area contributed by atoms with Crippen molar-refractivity contribution >= 4 is 0 Å². The summed E-state index contributed by atoms with van der Waals surface area (Å²) < 4.78 is 0. The molecular formula is C21H29N. The molecule has 0 unspecified atom stereocenters. The van der Waals surface area contributed by atoms with Crippen LogP contribution in [0.2, 0.25) is 0 Å². The van der Waals surface area contributed by atoms with Crippen molar-refractivity contribution < 1.29 is 0 Å². The molecule has 0 aliphatic heterocycles. The lowest BCUT2D eigenvalue weighted by atomic mass is 9.88. The smallest absolute Gasteiger partial charge is 0.0101 e. The highest BCUT2D eigenvalue weighted by atomic mass is 15.1. The van der Waals surface area contributed by atoms with Gasteiger partial charge in [-0.1, -0.05) is 68.4 Å². The predicted octanol–water partition coefficient (Wildman–Crippen LogP) is 5.11. The summed E-state index contributed by atoms with van der Waals surface area (Å²) in [5.41, 5.74) is 4.28. The van der Waals surface area contributed by atoms with Crippen LogP contribution in [0.1, 0.15) is 49.3 Å². The lowest BCUT2D eigenvalue weighted by Crippen LogP contribution is -2.22. The molecule has 0 saturated heterocycles. The summed E-state index contributed by atoms with van der Waals surface area (Å²) >= 11 is 0. The molecule has 0 aliphatic carbocycles. The molecule has 2 aromatic carbocycles. The average Bonchev–Trinajstić information content (AvgIpc) is 2.57. The first-order chi connectivity index (χ1) is 10.7. The Morgan fingerprint density at radius 2 is 1.45 bits per heavy atom. The Bertz CT molecular complexity index is 530. The average molecular weight is 295 g/mol. The highest BCUT2D eigenvalue weighted by Gasteiger charge is 2.14. The van der Waals surface area contributed by atoms with Gasteiger partial charge in [0.05, 0.1) is 0 Å². The molecule has 0 spiro atoms. The van der Waals surface area contributed by atoms with Crippen LogP contribution in [-0.4, -0.2) is 25.0 Å². The quantitative estimate of drug-likeness (QED) is 0.654. The lowest BCUT2D eigenvalue weighted by molar-refractivity contribution is 0.324. The first-order valence-corrected chi connectivity index (χ1v) is 8.57. The molecule has 0 amide bonds. The molecule has 0 fully saturated rings. The number of aryl methyl sites for hydroxylation is 1. The molecule has 0 radical (unpaired) electrons. The van der Waals surface area contributed by atoms with Gasteiger partial charge in [0.1, 0.15) is 0 Å². The highest BCUT2D eigenvalue weighted by Crippen LogP contribution is 2.28. The Kier molecular flexibility index (Phi) is 6.67. The maximum absolute atomic E-state index is 2.44. The second kappa shape index (κ2) is 8.75. The third kappa shape index (κ3) is 4.71. The Balaban J connectivity index is 2.17. The van der Waals surface area contributed by atoms with Crippen molar-refractivity contribution in [2.75, 3.05) is 20.1 Å². The van der Waals surface area contributed by atoms with Crippen LogP contribution in [0.15, 0.2) is 54.6 Å². The molecule has 0 saturated carbocycles. The SMILES string of the molecule is CCCN(C)CC[C@H](c1ccccc1)c1ccc(CC)cc1. The first kappa shape index (κ1) is 16.8. The second-order valence-electron chi connectivity index (χ2n) is 6.15. The zero-order valence-corrected chi connectivity index (χ0v) is 14.3. The molecule has 0 bridgehead atoms. The van der Waals surface area contributed by atoms with Crippen molar-refractivity contribution in [3.05, 3.63) is 71.3 Å². The molecule has 0 aromatic heterocycles. The van der Waals surface area contributed by atoms with E-state index in [-0.39, 0.29) is 0 Å². The van der Waals surface area contributed by atoms with E-state index in [4.69, 9.17) is 0 Å². The highest BCUT2D eigenvalue weighted by molar-refractivity contribution is 5.34. The van der Waals surface area contributed by atoms with Crippen molar-refractivity contribution in [2.45, 2.75) is 39.0 Å². The van der Waals surface area contributed by atoms with Crippen molar-refractivity contribution in [3.8, 4) is 0 Å². The summed E-state index contributed by atoms with van der Waals surface area (Å²) in [6.07, 6.45) is 3.50. The van der Waals surface area contributed by atoms with E-state index in [9.17, 15) is 0 Å². The minimum absolute atomic E-state index is 0.492. The number of benzene rings is 2. The Labute approximate surface area is 136 Å². The van der Waals surface area contributed by atoms with E-state index in [0.29, 0.717) is 5.92 Å². The van der Waals surface area contributed by atoms with E-state index >= 15 is 0 Å². The summed E-state index contributed by atoms with van der Waals surface area (Å²) in [7, 11) is 2.23. The van der Waals surface area contributed by atoms with Gasteiger partial charge >= 0.3 is 0 Å². The van der Waals surface area contributed by atoms with Gasteiger partial charge in [0.15, 0.2) is 0 Å². The van der Waals surface area contributed by atoms with Gasteiger partial charge in [-0.05, 0) is 56.1 Å². The van der Waals surface area contributed by atoms with E-state index in [1.807, 2.05) is 0 Å². The standard InChI is InChI=1S/C21H29N/c1-4-16-22(3)17-15-21(19-9-7-6-8-10-19)20-13-11-18(5-2)12-14-20/h6-14,21H,4-5,15-17H2,1-3H3/t21-/m1/s1. The van der Waals surface area contributed by atoms with Gasteiger partial charge in [-0.3, -0.25) is 0 Å². The van der Waals surface area contributed by atoms with Gasteiger partial charge in [-0.25, -0.2) is 0 Å². The van der Waals surface area contributed by atoms with Gasteiger partial charge < -0.3 is 4.90 Å². The predicted molar refractivity (Wildman–Crippen MR) is 96.5 cm³/mol. The molecule has 22 heavy (non-hydrogen) atoms. The van der Waals surface area contributed by atoms with E-state index in [2.05, 4.69) is 80.4 Å². The molecule has 118 valence electrons. The van der Waals surface area contributed by atoms with Crippen LogP contribution in [0.3, 0.4) is 0 Å². The monoisotopic (exact) mass is 295 g/mol. The normalized spacial score (nSPS) is 12.5. The Morgan fingerprint density at radius 1 is 0.818 bits per heavy atom. The van der Waals surface area contributed by atoms with Gasteiger partial charge in [-0.2, -0.15) is 0 Å². The Morgan fingerprint density at radius 3 is 2.05 bits per heavy atom. The van der Waals surface area contributed by atoms with Crippen LogP contribution in [0.5, 0.6) is 0 Å². The zero-order chi connectivity index (χ0) is 15.8. The Hall–Kier alpha value is -1.60. The molecule has 0 N–H and O–H groups in total. The fourth-order valence-corrected chi connectivity index (χ4v) is 3.04. The van der Waals surface area contributed by atoms with Crippen LogP contribution >= 0.6 is 0 Å². The molecule has 1 atom stereocenters. The van der Waals surface area contributed by atoms with Crippen molar-refractivity contribution in [2.24, 2.45) is 0 Å². The van der Waals surface area contributed by atoms with E-state index in [1.165, 1.54) is 36.1 Å². The molecule has 1 nitrogen and oxygen atoms in total. The van der Waals surface area contributed by atoms with E-state index < -0.39 is 0 Å². The van der Waals surface area contributed by atoms with Crippen molar-refractivity contribution in [1.29, 1.82) is 0 Å². The molecular weight excluding hydrogens is 266 g/mol. The van der Waals surface area contributed by atoms with E-state index in [0.717, 1.165) is 13.0 Å². The van der Waals surface area contributed by atoms with Crippen LogP contribution in [-0.2, 0) is 6.42 Å². The maximum atomic E-state index is 2.44. The minimum Gasteiger partial charge on any atom is -0.306 e. The first-order valence-electron chi connectivity index (χ1n) is 8.57. The molecule has 0 heterocycles. The molecule has 2 rings (SSSR count). The third-order valence-electron chi connectivity index (χ3n) is 4.40. The number of hydrogen-bond donors (Lipinski definition) is 0. The number of hydrogen-bond acceptors (Lipinski definition) is 1. The van der Waals surface area contributed by atoms with Crippen molar-refractivity contribution in [1.82, 2.24) is 4.90 Å². The fourth-order valence-electron chi connectivity index (χ4n) is 3.04. The second-order valence-corrected chi connectivity index (χ2v) is 6.15. The maximum Gasteiger partial charge on any atom is 0.0101 e. The third-order valence-corrected chi connectivity index (χ3v) is 4.40. The zero-order valence-electron chi connectivity index (χ0n) is 14.3. The van der Waals surface area contributed by atoms with Gasteiger partial charge in [-0.15, -0.1) is 0 Å². The topological polar surface area (TPSA) is 3.24 Å². The summed E-state index contributed by atoms with van der Waals surface area (Å²) in [6.45, 7) is 6.78. The summed E-state index contributed by atoms with van der Waals surface area (Å²) in [5.74, 6) is 0.492. The number of rotatable bonds is 8. The minimum atomic E-state index is 0.492. The van der Waals surface area contributed by atoms with Crippen LogP contribution in [0, 0.1) is 0 Å². The molecule has 1 heteroatoms. The van der Waals surface area contributed by atoms with Crippen LogP contribution in [0.4, 0.5) is 0 Å². The van der Waals surface area contributed by atoms with Gasteiger partial charge in [0, 0.05) is 5.92 Å². The largest absolute Gasteiger partial charge is 0.306 e. The van der Waals surface area contributed by atoms with Gasteiger partial charge in [0.2, 0.25) is 0 Å². The summed E-state index contributed by atoms with van der Waals surface area (Å²) in [5, 5.41) is 0.